The molecule has 1 atom stereocenters. The van der Waals surface area contributed by atoms with Gasteiger partial charge in [-0.3, -0.25) is 9.69 Å². The number of carbonyl (C=O) groups is 1. The Hall–Kier alpha value is -1.67. The number of likely N-dealkylation sites (tertiary alicyclic amines) is 1. The summed E-state index contributed by atoms with van der Waals surface area (Å²) >= 11 is 0. The summed E-state index contributed by atoms with van der Waals surface area (Å²) in [6.45, 7) is 2.14. The molecule has 2 aliphatic rings. The number of nitrogens with zero attached hydrogens (tertiary/aromatic N) is 1. The highest BCUT2D eigenvalue weighted by Crippen LogP contribution is 2.33. The van der Waals surface area contributed by atoms with E-state index in [1.807, 2.05) is 0 Å². The van der Waals surface area contributed by atoms with Gasteiger partial charge in [-0.2, -0.15) is 13.2 Å². The van der Waals surface area contributed by atoms with Crippen LogP contribution in [0.25, 0.3) is 0 Å². The average molecular weight is 346 g/mol. The van der Waals surface area contributed by atoms with E-state index < -0.39 is 17.6 Å². The highest BCUT2D eigenvalue weighted by atomic mass is 19.4. The molecule has 24 heavy (non-hydrogen) atoms. The first-order chi connectivity index (χ1) is 11.4. The van der Waals surface area contributed by atoms with E-state index in [4.69, 9.17) is 4.74 Å². The molecule has 0 aromatic heterocycles. The monoisotopic (exact) mass is 346 g/mol. The zero-order chi connectivity index (χ0) is 17.3. The normalized spacial score (nSPS) is 22.9. The maximum atomic E-state index is 13.6. The maximum Gasteiger partial charge on any atom is 0.419 e. The van der Waals surface area contributed by atoms with Gasteiger partial charge in [0.05, 0.1) is 11.6 Å². The third-order valence-electron chi connectivity index (χ3n) is 4.57. The Balaban J connectivity index is 1.63. The second-order valence-corrected chi connectivity index (χ2v) is 6.07. The molecule has 0 radical (unpaired) electrons. The van der Waals surface area contributed by atoms with Crippen LogP contribution in [0.4, 0.5) is 23.2 Å². The van der Waals surface area contributed by atoms with Crippen molar-refractivity contribution in [2.45, 2.75) is 37.5 Å². The van der Waals surface area contributed by atoms with E-state index in [0.29, 0.717) is 31.8 Å². The molecule has 0 aliphatic carbocycles. The Morgan fingerprint density at radius 3 is 2.46 bits per heavy atom. The fraction of sp³-hybridized carbons (Fsp3) is 0.562. The largest absolute Gasteiger partial charge is 0.419 e. The first-order valence-corrected chi connectivity index (χ1v) is 7.87. The van der Waals surface area contributed by atoms with Gasteiger partial charge >= 0.3 is 6.18 Å². The smallest absolute Gasteiger partial charge is 0.381 e. The SMILES string of the molecule is O=C(Nc1ccc(C(F)(F)F)c(F)c1)C1CCN1C1CCOCC1. The Labute approximate surface area is 136 Å². The minimum Gasteiger partial charge on any atom is -0.381 e. The number of carbonyl (C=O) groups excluding carboxylic acids is 1. The molecule has 3 rings (SSSR count). The first-order valence-electron chi connectivity index (χ1n) is 7.87. The molecule has 8 heteroatoms. The third kappa shape index (κ3) is 3.54. The third-order valence-corrected chi connectivity index (χ3v) is 4.57. The van der Waals surface area contributed by atoms with Gasteiger partial charge in [-0.15, -0.1) is 0 Å². The van der Waals surface area contributed by atoms with Crippen LogP contribution in [0.5, 0.6) is 0 Å². The Bertz CT molecular complexity index is 615. The summed E-state index contributed by atoms with van der Waals surface area (Å²) in [6.07, 6.45) is -2.34. The lowest BCUT2D eigenvalue weighted by molar-refractivity contribution is -0.140. The second kappa shape index (κ2) is 6.68. The van der Waals surface area contributed by atoms with Gasteiger partial charge < -0.3 is 10.1 Å². The fourth-order valence-electron chi connectivity index (χ4n) is 3.19. The lowest BCUT2D eigenvalue weighted by atomic mass is 9.95. The lowest BCUT2D eigenvalue weighted by Gasteiger charge is -2.46. The van der Waals surface area contributed by atoms with Crippen molar-refractivity contribution < 1.29 is 27.1 Å². The molecule has 0 saturated carbocycles. The predicted octanol–water partition coefficient (Wildman–Crippen LogP) is 3.04. The number of benzene rings is 1. The van der Waals surface area contributed by atoms with Crippen LogP contribution in [0.1, 0.15) is 24.8 Å². The molecule has 1 amide bonds. The molecule has 0 bridgehead atoms. The molecular formula is C16H18F4N2O2. The van der Waals surface area contributed by atoms with Crippen molar-refractivity contribution in [3.05, 3.63) is 29.6 Å². The van der Waals surface area contributed by atoms with Crippen LogP contribution in [0.2, 0.25) is 0 Å². The Morgan fingerprint density at radius 1 is 1.21 bits per heavy atom. The zero-order valence-electron chi connectivity index (χ0n) is 12.9. The molecule has 1 N–H and O–H groups in total. The van der Waals surface area contributed by atoms with E-state index >= 15 is 0 Å². The van der Waals surface area contributed by atoms with Crippen molar-refractivity contribution in [1.82, 2.24) is 4.90 Å². The van der Waals surface area contributed by atoms with Crippen LogP contribution in [-0.4, -0.2) is 42.6 Å². The van der Waals surface area contributed by atoms with E-state index in [1.165, 1.54) is 0 Å². The number of anilines is 1. The zero-order valence-corrected chi connectivity index (χ0v) is 12.9. The molecule has 2 saturated heterocycles. The van der Waals surface area contributed by atoms with Crippen LogP contribution in [0.15, 0.2) is 18.2 Å². The standard InChI is InChI=1S/C16H18F4N2O2/c17-13-9-10(1-2-12(13)16(18,19)20)21-15(23)14-3-6-22(14)11-4-7-24-8-5-11/h1-2,9,11,14H,3-8H2,(H,21,23). The van der Waals surface area contributed by atoms with Crippen LogP contribution in [-0.2, 0) is 15.7 Å². The predicted molar refractivity (Wildman–Crippen MR) is 79.0 cm³/mol. The quantitative estimate of drug-likeness (QED) is 0.856. The second-order valence-electron chi connectivity index (χ2n) is 6.07. The minimum atomic E-state index is -4.75. The number of nitrogens with one attached hydrogen (secondary N) is 1. The van der Waals surface area contributed by atoms with Gasteiger partial charge in [-0.05, 0) is 37.5 Å². The van der Waals surface area contributed by atoms with Crippen molar-refractivity contribution in [3.63, 3.8) is 0 Å². The molecule has 1 aromatic carbocycles. The minimum absolute atomic E-state index is 0.0318. The molecule has 2 aliphatic heterocycles. The maximum absolute atomic E-state index is 13.6. The molecule has 1 unspecified atom stereocenters. The number of rotatable bonds is 3. The number of amides is 1. The van der Waals surface area contributed by atoms with E-state index in [1.54, 1.807) is 0 Å². The summed E-state index contributed by atoms with van der Waals surface area (Å²) in [6, 6.07) is 2.38. The van der Waals surface area contributed by atoms with Crippen molar-refractivity contribution in [1.29, 1.82) is 0 Å². The number of ether oxygens (including phenoxy) is 1. The summed E-state index contributed by atoms with van der Waals surface area (Å²) in [4.78, 5) is 14.4. The molecule has 1 aromatic rings. The average Bonchev–Trinajstić information content (AvgIpc) is 2.45. The number of hydrogen-bond acceptors (Lipinski definition) is 3. The van der Waals surface area contributed by atoms with Gasteiger partial charge in [0.25, 0.3) is 0 Å². The number of halogens is 4. The van der Waals surface area contributed by atoms with Gasteiger partial charge in [0.1, 0.15) is 5.82 Å². The van der Waals surface area contributed by atoms with Gasteiger partial charge in [0.15, 0.2) is 0 Å². The molecule has 132 valence electrons. The van der Waals surface area contributed by atoms with E-state index in [2.05, 4.69) is 10.2 Å². The van der Waals surface area contributed by atoms with Crippen LogP contribution < -0.4 is 5.32 Å². The van der Waals surface area contributed by atoms with E-state index in [0.717, 1.165) is 25.5 Å². The number of alkyl halides is 3. The molecule has 0 spiro atoms. The fourth-order valence-corrected chi connectivity index (χ4v) is 3.19. The van der Waals surface area contributed by atoms with Crippen LogP contribution >= 0.6 is 0 Å². The van der Waals surface area contributed by atoms with Crippen LogP contribution in [0.3, 0.4) is 0 Å². The molecule has 2 fully saturated rings. The van der Waals surface area contributed by atoms with Crippen molar-refractivity contribution >= 4 is 11.6 Å². The van der Waals surface area contributed by atoms with Crippen molar-refractivity contribution in [2.75, 3.05) is 25.1 Å². The topological polar surface area (TPSA) is 41.6 Å². The molecular weight excluding hydrogens is 328 g/mol. The van der Waals surface area contributed by atoms with E-state index in [9.17, 15) is 22.4 Å². The summed E-state index contributed by atoms with van der Waals surface area (Å²) in [7, 11) is 0. The molecule has 2 heterocycles. The van der Waals surface area contributed by atoms with Gasteiger partial charge in [-0.1, -0.05) is 0 Å². The highest BCUT2D eigenvalue weighted by molar-refractivity contribution is 5.95. The van der Waals surface area contributed by atoms with Crippen molar-refractivity contribution in [3.8, 4) is 0 Å². The van der Waals surface area contributed by atoms with Gasteiger partial charge in [0.2, 0.25) is 5.91 Å². The van der Waals surface area contributed by atoms with Gasteiger partial charge in [-0.25, -0.2) is 4.39 Å². The lowest BCUT2D eigenvalue weighted by Crippen LogP contribution is -2.59. The summed E-state index contributed by atoms with van der Waals surface area (Å²) in [5.41, 5.74) is -1.31. The Morgan fingerprint density at radius 2 is 1.92 bits per heavy atom. The first kappa shape index (κ1) is 17.2. The van der Waals surface area contributed by atoms with E-state index in [-0.39, 0.29) is 23.7 Å². The Kier molecular flexibility index (Phi) is 4.78. The summed E-state index contributed by atoms with van der Waals surface area (Å²) < 4.78 is 56.5. The summed E-state index contributed by atoms with van der Waals surface area (Å²) in [5.74, 6) is -1.71. The number of hydrogen-bond donors (Lipinski definition) is 1. The highest BCUT2D eigenvalue weighted by Gasteiger charge is 2.39. The van der Waals surface area contributed by atoms with Gasteiger partial charge in [0, 0.05) is 31.5 Å². The molecule has 4 nitrogen and oxygen atoms in total. The van der Waals surface area contributed by atoms with Crippen LogP contribution in [0, 0.1) is 5.82 Å². The van der Waals surface area contributed by atoms with Crippen molar-refractivity contribution in [2.24, 2.45) is 0 Å². The summed E-state index contributed by atoms with van der Waals surface area (Å²) in [5, 5.41) is 2.51.